The highest BCUT2D eigenvalue weighted by Gasteiger charge is 2.20. The van der Waals surface area contributed by atoms with Gasteiger partial charge < -0.3 is 5.32 Å². The zero-order chi connectivity index (χ0) is 10.8. The van der Waals surface area contributed by atoms with E-state index in [9.17, 15) is 14.9 Å². The monoisotopic (exact) mass is 204 g/mol. The van der Waals surface area contributed by atoms with Gasteiger partial charge in [-0.05, 0) is 11.6 Å². The number of benzene rings is 1. The molecule has 0 saturated heterocycles. The SMILES string of the molecule is O=C1C=C(c2ccccc2[N+](=O)[O-])CN1. The lowest BCUT2D eigenvalue weighted by atomic mass is 10.1. The molecule has 5 heteroatoms. The number of rotatable bonds is 2. The molecule has 0 fully saturated rings. The van der Waals surface area contributed by atoms with Gasteiger partial charge in [-0.1, -0.05) is 12.1 Å². The van der Waals surface area contributed by atoms with Crippen LogP contribution in [-0.2, 0) is 4.79 Å². The van der Waals surface area contributed by atoms with Gasteiger partial charge in [0.25, 0.3) is 5.69 Å². The maximum absolute atomic E-state index is 11.0. The van der Waals surface area contributed by atoms with E-state index in [1.165, 1.54) is 12.1 Å². The number of hydrogen-bond acceptors (Lipinski definition) is 3. The average molecular weight is 204 g/mol. The zero-order valence-electron chi connectivity index (χ0n) is 7.77. The van der Waals surface area contributed by atoms with Crippen LogP contribution < -0.4 is 5.32 Å². The third-order valence-electron chi connectivity index (χ3n) is 2.21. The summed E-state index contributed by atoms with van der Waals surface area (Å²) in [5.74, 6) is -0.205. The third kappa shape index (κ3) is 1.71. The molecule has 0 bridgehead atoms. The van der Waals surface area contributed by atoms with Crippen molar-refractivity contribution in [2.45, 2.75) is 0 Å². The molecule has 1 heterocycles. The molecule has 2 rings (SSSR count). The Morgan fingerprint density at radius 1 is 1.33 bits per heavy atom. The van der Waals surface area contributed by atoms with Gasteiger partial charge in [0.05, 0.1) is 10.5 Å². The lowest BCUT2D eigenvalue weighted by Crippen LogP contribution is -2.14. The normalized spacial score (nSPS) is 14.7. The van der Waals surface area contributed by atoms with Crippen LogP contribution in [0.2, 0.25) is 0 Å². The summed E-state index contributed by atoms with van der Waals surface area (Å²) >= 11 is 0. The second kappa shape index (κ2) is 3.53. The summed E-state index contributed by atoms with van der Waals surface area (Å²) in [4.78, 5) is 21.2. The first-order chi connectivity index (χ1) is 7.18. The Kier molecular flexibility index (Phi) is 2.21. The molecule has 1 aromatic rings. The van der Waals surface area contributed by atoms with Crippen LogP contribution >= 0.6 is 0 Å². The molecule has 5 nitrogen and oxygen atoms in total. The summed E-state index contributed by atoms with van der Waals surface area (Å²) in [5, 5.41) is 13.3. The van der Waals surface area contributed by atoms with Gasteiger partial charge in [-0.3, -0.25) is 14.9 Å². The number of nitro benzene ring substituents is 1. The first-order valence-electron chi connectivity index (χ1n) is 4.40. The van der Waals surface area contributed by atoms with E-state index < -0.39 is 4.92 Å². The second-order valence-electron chi connectivity index (χ2n) is 3.16. The number of nitrogens with zero attached hydrogens (tertiary/aromatic N) is 1. The van der Waals surface area contributed by atoms with Crippen molar-refractivity contribution in [3.8, 4) is 0 Å². The lowest BCUT2D eigenvalue weighted by molar-refractivity contribution is -0.385. The maximum atomic E-state index is 11.0. The molecule has 15 heavy (non-hydrogen) atoms. The molecule has 0 aromatic heterocycles. The molecule has 1 N–H and O–H groups in total. The molecule has 1 aromatic carbocycles. The number of carbonyl (C=O) groups is 1. The third-order valence-corrected chi connectivity index (χ3v) is 2.21. The topological polar surface area (TPSA) is 72.2 Å². The van der Waals surface area contributed by atoms with Gasteiger partial charge in [0.15, 0.2) is 0 Å². The summed E-state index contributed by atoms with van der Waals surface area (Å²) < 4.78 is 0. The van der Waals surface area contributed by atoms with Crippen LogP contribution in [0.4, 0.5) is 5.69 Å². The van der Waals surface area contributed by atoms with E-state index in [1.807, 2.05) is 0 Å². The Hall–Kier alpha value is -2.17. The van der Waals surface area contributed by atoms with Gasteiger partial charge in [0.1, 0.15) is 0 Å². The van der Waals surface area contributed by atoms with Crippen LogP contribution in [0, 0.1) is 10.1 Å². The van der Waals surface area contributed by atoms with Crippen molar-refractivity contribution in [3.63, 3.8) is 0 Å². The molecular weight excluding hydrogens is 196 g/mol. The lowest BCUT2D eigenvalue weighted by Gasteiger charge is -2.01. The van der Waals surface area contributed by atoms with E-state index >= 15 is 0 Å². The second-order valence-corrected chi connectivity index (χ2v) is 3.16. The van der Waals surface area contributed by atoms with Gasteiger partial charge in [-0.15, -0.1) is 0 Å². The number of hydrogen-bond donors (Lipinski definition) is 1. The van der Waals surface area contributed by atoms with Crippen LogP contribution in [0.25, 0.3) is 5.57 Å². The first-order valence-corrected chi connectivity index (χ1v) is 4.40. The average Bonchev–Trinajstić information content (AvgIpc) is 2.65. The van der Waals surface area contributed by atoms with Crippen LogP contribution in [0.1, 0.15) is 5.56 Å². The molecule has 0 aliphatic carbocycles. The van der Waals surface area contributed by atoms with Crippen molar-refractivity contribution in [2.24, 2.45) is 0 Å². The quantitative estimate of drug-likeness (QED) is 0.579. The number of nitro groups is 1. The van der Waals surface area contributed by atoms with Crippen molar-refractivity contribution in [2.75, 3.05) is 6.54 Å². The Bertz CT molecular complexity index is 465. The Balaban J connectivity index is 2.48. The molecular formula is C10H8N2O3. The molecule has 0 saturated carbocycles. The fourth-order valence-corrected chi connectivity index (χ4v) is 1.52. The molecule has 1 aliphatic rings. The van der Waals surface area contributed by atoms with Gasteiger partial charge in [-0.25, -0.2) is 0 Å². The van der Waals surface area contributed by atoms with Gasteiger partial charge >= 0.3 is 0 Å². The summed E-state index contributed by atoms with van der Waals surface area (Å²) in [7, 11) is 0. The molecule has 1 amide bonds. The van der Waals surface area contributed by atoms with Crippen LogP contribution in [-0.4, -0.2) is 17.4 Å². The van der Waals surface area contributed by atoms with Gasteiger partial charge in [0.2, 0.25) is 5.91 Å². The van der Waals surface area contributed by atoms with Crippen LogP contribution in [0.5, 0.6) is 0 Å². The van der Waals surface area contributed by atoms with E-state index in [1.54, 1.807) is 18.2 Å². The first kappa shape index (κ1) is 9.39. The Labute approximate surface area is 85.6 Å². The number of amides is 1. The number of para-hydroxylation sites is 1. The highest BCUT2D eigenvalue weighted by atomic mass is 16.6. The number of nitrogens with one attached hydrogen (secondary N) is 1. The molecule has 76 valence electrons. The van der Waals surface area contributed by atoms with Crippen molar-refractivity contribution >= 4 is 17.2 Å². The summed E-state index contributed by atoms with van der Waals surface area (Å²) in [6.45, 7) is 0.351. The summed E-state index contributed by atoms with van der Waals surface area (Å²) in [5.41, 5.74) is 1.19. The fourth-order valence-electron chi connectivity index (χ4n) is 1.52. The Morgan fingerprint density at radius 3 is 2.67 bits per heavy atom. The largest absolute Gasteiger partial charge is 0.348 e. The van der Waals surface area contributed by atoms with E-state index in [0.29, 0.717) is 17.7 Å². The van der Waals surface area contributed by atoms with E-state index in [2.05, 4.69) is 5.32 Å². The van der Waals surface area contributed by atoms with E-state index in [4.69, 9.17) is 0 Å². The van der Waals surface area contributed by atoms with Crippen molar-refractivity contribution in [1.29, 1.82) is 0 Å². The molecule has 1 aliphatic heterocycles. The van der Waals surface area contributed by atoms with Crippen molar-refractivity contribution in [1.82, 2.24) is 5.32 Å². The zero-order valence-corrected chi connectivity index (χ0v) is 7.77. The standard InChI is InChI=1S/C10H8N2O3/c13-10-5-7(6-11-10)8-3-1-2-4-9(8)12(14)15/h1-5H,6H2,(H,11,13). The van der Waals surface area contributed by atoms with E-state index in [-0.39, 0.29) is 11.6 Å². The highest BCUT2D eigenvalue weighted by molar-refractivity contribution is 6.01. The van der Waals surface area contributed by atoms with E-state index in [0.717, 1.165) is 0 Å². The molecule has 0 radical (unpaired) electrons. The smallest absolute Gasteiger partial charge is 0.276 e. The van der Waals surface area contributed by atoms with Crippen LogP contribution in [0.15, 0.2) is 30.3 Å². The number of carbonyl (C=O) groups excluding carboxylic acids is 1. The van der Waals surface area contributed by atoms with Crippen molar-refractivity contribution < 1.29 is 9.72 Å². The molecule has 0 atom stereocenters. The minimum absolute atomic E-state index is 0.0280. The minimum atomic E-state index is -0.445. The maximum Gasteiger partial charge on any atom is 0.276 e. The van der Waals surface area contributed by atoms with Crippen LogP contribution in [0.3, 0.4) is 0 Å². The minimum Gasteiger partial charge on any atom is -0.348 e. The fraction of sp³-hybridized carbons (Fsp3) is 0.100. The molecule has 0 unspecified atom stereocenters. The summed E-state index contributed by atoms with van der Waals surface area (Å²) in [6.07, 6.45) is 1.39. The predicted octanol–water partition coefficient (Wildman–Crippen LogP) is 1.11. The van der Waals surface area contributed by atoms with Gasteiger partial charge in [-0.2, -0.15) is 0 Å². The Morgan fingerprint density at radius 2 is 2.07 bits per heavy atom. The summed E-state index contributed by atoms with van der Waals surface area (Å²) in [6, 6.07) is 6.39. The highest BCUT2D eigenvalue weighted by Crippen LogP contribution is 2.26. The molecule has 0 spiro atoms. The van der Waals surface area contributed by atoms with Crippen molar-refractivity contribution in [3.05, 3.63) is 46.0 Å². The predicted molar refractivity (Wildman–Crippen MR) is 54.1 cm³/mol. The van der Waals surface area contributed by atoms with Gasteiger partial charge in [0, 0.05) is 18.7 Å².